The van der Waals surface area contributed by atoms with Crippen LogP contribution in [0.1, 0.15) is 31.2 Å². The van der Waals surface area contributed by atoms with Crippen molar-refractivity contribution in [3.63, 3.8) is 0 Å². The number of hydrogen-bond donors (Lipinski definition) is 3. The number of para-hydroxylation sites is 1. The predicted octanol–water partition coefficient (Wildman–Crippen LogP) is 2.89. The fraction of sp³-hybridized carbons (Fsp3) is 0.500. The van der Waals surface area contributed by atoms with Crippen LogP contribution in [0.4, 0.5) is 16.2 Å². The van der Waals surface area contributed by atoms with Crippen molar-refractivity contribution in [2.45, 2.75) is 44.7 Å². The molecule has 1 aliphatic rings. The molecule has 0 aromatic heterocycles. The quantitative estimate of drug-likeness (QED) is 0.585. The summed E-state index contributed by atoms with van der Waals surface area (Å²) in [5.74, 6) is 0. The van der Waals surface area contributed by atoms with Crippen molar-refractivity contribution in [1.82, 2.24) is 5.32 Å². The number of rotatable bonds is 4. The second kappa shape index (κ2) is 6.43. The fourth-order valence-corrected chi connectivity index (χ4v) is 2.82. The van der Waals surface area contributed by atoms with E-state index >= 15 is 0 Å². The van der Waals surface area contributed by atoms with Gasteiger partial charge in [-0.15, -0.1) is 0 Å². The number of amides is 1. The fourth-order valence-electron chi connectivity index (χ4n) is 2.82. The van der Waals surface area contributed by atoms with Gasteiger partial charge < -0.3 is 15.7 Å². The van der Waals surface area contributed by atoms with Crippen molar-refractivity contribution in [3.05, 3.63) is 33.9 Å². The minimum absolute atomic E-state index is 0.0374. The molecule has 3 N–H and O–H groups in total. The number of benzene rings is 1. The highest BCUT2D eigenvalue weighted by atomic mass is 16.6. The van der Waals surface area contributed by atoms with Crippen LogP contribution in [0.3, 0.4) is 0 Å². The van der Waals surface area contributed by atoms with Crippen LogP contribution in [0.5, 0.6) is 0 Å². The molecule has 2 atom stereocenters. The second-order valence-electron chi connectivity index (χ2n) is 5.38. The molecule has 1 aliphatic carbocycles. The van der Waals surface area contributed by atoms with Crippen LogP contribution in [-0.4, -0.2) is 28.2 Å². The van der Waals surface area contributed by atoms with Crippen molar-refractivity contribution < 1.29 is 14.8 Å². The molecule has 114 valence electrons. The van der Waals surface area contributed by atoms with Gasteiger partial charge in [0.05, 0.1) is 4.92 Å². The van der Waals surface area contributed by atoms with Crippen molar-refractivity contribution in [2.24, 2.45) is 0 Å². The molecule has 0 aliphatic heterocycles. The lowest BCUT2D eigenvalue weighted by Gasteiger charge is -2.30. The number of nitro benzene ring substituents is 1. The van der Waals surface area contributed by atoms with E-state index in [1.165, 1.54) is 6.07 Å². The monoisotopic (exact) mass is 293 g/mol. The van der Waals surface area contributed by atoms with Crippen molar-refractivity contribution in [2.75, 3.05) is 5.32 Å². The van der Waals surface area contributed by atoms with E-state index in [0.29, 0.717) is 12.1 Å². The average molecular weight is 293 g/mol. The third-order valence-electron chi connectivity index (χ3n) is 3.80. The molecule has 7 heteroatoms. The summed E-state index contributed by atoms with van der Waals surface area (Å²) in [4.78, 5) is 21.4. The van der Waals surface area contributed by atoms with E-state index in [2.05, 4.69) is 10.6 Å². The van der Waals surface area contributed by atoms with Crippen molar-refractivity contribution in [3.8, 4) is 0 Å². The highest BCUT2D eigenvalue weighted by Crippen LogP contribution is 2.31. The number of nitro groups is 1. The first-order valence-corrected chi connectivity index (χ1v) is 6.97. The van der Waals surface area contributed by atoms with Crippen LogP contribution in [0.15, 0.2) is 18.2 Å². The third kappa shape index (κ3) is 3.84. The van der Waals surface area contributed by atoms with Gasteiger partial charge >= 0.3 is 6.09 Å². The van der Waals surface area contributed by atoms with E-state index in [0.717, 1.165) is 24.8 Å². The summed E-state index contributed by atoms with van der Waals surface area (Å²) in [6.45, 7) is 1.82. The van der Waals surface area contributed by atoms with Gasteiger partial charge in [-0.1, -0.05) is 12.1 Å². The highest BCUT2D eigenvalue weighted by molar-refractivity contribution is 5.67. The van der Waals surface area contributed by atoms with E-state index in [-0.39, 0.29) is 17.8 Å². The van der Waals surface area contributed by atoms with E-state index in [4.69, 9.17) is 5.11 Å². The molecule has 1 amide bonds. The molecular formula is C14H19N3O4. The van der Waals surface area contributed by atoms with E-state index < -0.39 is 11.0 Å². The molecule has 1 aromatic rings. The largest absolute Gasteiger partial charge is 0.465 e. The van der Waals surface area contributed by atoms with E-state index in [1.807, 2.05) is 13.0 Å². The van der Waals surface area contributed by atoms with Gasteiger partial charge in [0.15, 0.2) is 0 Å². The normalized spacial score (nSPS) is 21.6. The molecule has 7 nitrogen and oxygen atoms in total. The van der Waals surface area contributed by atoms with Crippen molar-refractivity contribution >= 4 is 17.5 Å². The maximum atomic E-state index is 11.1. The van der Waals surface area contributed by atoms with Gasteiger partial charge in [0.2, 0.25) is 0 Å². The zero-order chi connectivity index (χ0) is 15.4. The molecule has 0 radical (unpaired) electrons. The topological polar surface area (TPSA) is 105 Å². The first kappa shape index (κ1) is 15.1. The standard InChI is InChI=1S/C14H19N3O4/c1-9-4-2-7-12(17(20)21)13(9)15-10-5-3-6-11(8-10)16-14(18)19/h2,4,7,10-11,15-16H,3,5-6,8H2,1H3,(H,18,19). The number of anilines is 1. The maximum Gasteiger partial charge on any atom is 0.404 e. The molecule has 0 bridgehead atoms. The lowest BCUT2D eigenvalue weighted by Crippen LogP contribution is -2.41. The summed E-state index contributed by atoms with van der Waals surface area (Å²) in [6.07, 6.45) is 2.19. The van der Waals surface area contributed by atoms with E-state index in [9.17, 15) is 14.9 Å². The number of carboxylic acid groups (broad SMARTS) is 1. The molecule has 0 saturated heterocycles. The van der Waals surface area contributed by atoms with Gasteiger partial charge in [0.25, 0.3) is 5.69 Å². The van der Waals surface area contributed by atoms with Crippen LogP contribution in [0, 0.1) is 17.0 Å². The molecule has 1 saturated carbocycles. The first-order valence-electron chi connectivity index (χ1n) is 6.97. The van der Waals surface area contributed by atoms with Gasteiger partial charge in [-0.3, -0.25) is 10.1 Å². The molecule has 1 fully saturated rings. The lowest BCUT2D eigenvalue weighted by molar-refractivity contribution is -0.384. The second-order valence-corrected chi connectivity index (χ2v) is 5.38. The van der Waals surface area contributed by atoms with Crippen LogP contribution in [0.2, 0.25) is 0 Å². The molecule has 1 aromatic carbocycles. The third-order valence-corrected chi connectivity index (χ3v) is 3.80. The Bertz CT molecular complexity index is 547. The Labute approximate surface area is 122 Å². The number of nitrogens with zero attached hydrogens (tertiary/aromatic N) is 1. The number of hydrogen-bond acceptors (Lipinski definition) is 4. The lowest BCUT2D eigenvalue weighted by atomic mass is 9.90. The SMILES string of the molecule is Cc1cccc([N+](=O)[O-])c1NC1CCCC(NC(=O)O)C1. The van der Waals surface area contributed by atoms with E-state index in [1.54, 1.807) is 6.07 Å². The summed E-state index contributed by atoms with van der Waals surface area (Å²) in [5, 5.41) is 25.6. The minimum atomic E-state index is -1.03. The Balaban J connectivity index is 2.11. The number of aryl methyl sites for hydroxylation is 1. The van der Waals surface area contributed by atoms with Gasteiger partial charge in [0.1, 0.15) is 5.69 Å². The molecule has 0 heterocycles. The van der Waals surface area contributed by atoms with Gasteiger partial charge in [-0.2, -0.15) is 0 Å². The Hall–Kier alpha value is -2.31. The van der Waals surface area contributed by atoms with Crippen LogP contribution >= 0.6 is 0 Å². The number of nitrogens with one attached hydrogen (secondary N) is 2. The summed E-state index contributed by atoms with van der Waals surface area (Å²) in [7, 11) is 0. The predicted molar refractivity (Wildman–Crippen MR) is 78.7 cm³/mol. The van der Waals surface area contributed by atoms with Crippen LogP contribution in [-0.2, 0) is 0 Å². The minimum Gasteiger partial charge on any atom is -0.465 e. The molecule has 2 unspecified atom stereocenters. The van der Waals surface area contributed by atoms with Gasteiger partial charge in [0, 0.05) is 18.2 Å². The Morgan fingerprint density at radius 2 is 2.10 bits per heavy atom. The molecule has 0 spiro atoms. The van der Waals surface area contributed by atoms with Gasteiger partial charge in [-0.25, -0.2) is 4.79 Å². The smallest absolute Gasteiger partial charge is 0.404 e. The van der Waals surface area contributed by atoms with Crippen LogP contribution in [0.25, 0.3) is 0 Å². The zero-order valence-corrected chi connectivity index (χ0v) is 11.8. The maximum absolute atomic E-state index is 11.1. The summed E-state index contributed by atoms with van der Waals surface area (Å²) >= 11 is 0. The summed E-state index contributed by atoms with van der Waals surface area (Å²) in [5.41, 5.74) is 1.41. The number of carbonyl (C=O) groups is 1. The summed E-state index contributed by atoms with van der Waals surface area (Å²) < 4.78 is 0. The molecule has 21 heavy (non-hydrogen) atoms. The zero-order valence-electron chi connectivity index (χ0n) is 11.8. The van der Waals surface area contributed by atoms with Crippen molar-refractivity contribution in [1.29, 1.82) is 0 Å². The molecule has 2 rings (SSSR count). The first-order chi connectivity index (χ1) is 9.97. The summed E-state index contributed by atoms with van der Waals surface area (Å²) in [6, 6.07) is 4.90. The van der Waals surface area contributed by atoms with Crippen LogP contribution < -0.4 is 10.6 Å². The molecular weight excluding hydrogens is 274 g/mol. The Kier molecular flexibility index (Phi) is 4.62. The Morgan fingerprint density at radius 1 is 1.38 bits per heavy atom. The highest BCUT2D eigenvalue weighted by Gasteiger charge is 2.25. The average Bonchev–Trinajstić information content (AvgIpc) is 2.40. The Morgan fingerprint density at radius 3 is 2.76 bits per heavy atom. The van der Waals surface area contributed by atoms with Gasteiger partial charge in [-0.05, 0) is 38.2 Å².